The lowest BCUT2D eigenvalue weighted by atomic mass is 10.1. The Morgan fingerprint density at radius 3 is 2.82 bits per heavy atom. The molecule has 1 aromatic heterocycles. The van der Waals surface area contributed by atoms with Gasteiger partial charge in [-0.25, -0.2) is 4.98 Å². The third kappa shape index (κ3) is 2.58. The molecule has 1 aromatic rings. The van der Waals surface area contributed by atoms with E-state index >= 15 is 0 Å². The first-order valence-electron chi connectivity index (χ1n) is 6.22. The largest absolute Gasteiger partial charge is 0.354 e. The second kappa shape index (κ2) is 5.02. The monoisotopic (exact) mass is 234 g/mol. The molecule has 0 amide bonds. The van der Waals surface area contributed by atoms with Crippen LogP contribution in [-0.2, 0) is 6.54 Å². The molecule has 1 atom stereocenters. The smallest absolute Gasteiger partial charge is 0.131 e. The molecule has 4 nitrogen and oxygen atoms in total. The Balaban J connectivity index is 2.17. The number of anilines is 1. The fourth-order valence-electron chi connectivity index (χ4n) is 2.31. The van der Waals surface area contributed by atoms with E-state index in [1.165, 1.54) is 5.56 Å². The SMILES string of the molecule is Cc1cc(CN)cnc1N1CCN(C)C(C)C1. The molecular formula is C13H22N4. The Bertz CT molecular complexity index is 391. The summed E-state index contributed by atoms with van der Waals surface area (Å²) in [5, 5.41) is 0. The summed E-state index contributed by atoms with van der Waals surface area (Å²) >= 11 is 0. The molecule has 0 aliphatic carbocycles. The van der Waals surface area contributed by atoms with Crippen molar-refractivity contribution in [2.24, 2.45) is 5.73 Å². The lowest BCUT2D eigenvalue weighted by Crippen LogP contribution is -2.50. The van der Waals surface area contributed by atoms with Crippen LogP contribution in [0.2, 0.25) is 0 Å². The molecule has 2 heterocycles. The van der Waals surface area contributed by atoms with E-state index in [0.29, 0.717) is 12.6 Å². The van der Waals surface area contributed by atoms with Gasteiger partial charge in [0.15, 0.2) is 0 Å². The fourth-order valence-corrected chi connectivity index (χ4v) is 2.31. The van der Waals surface area contributed by atoms with Gasteiger partial charge in [-0.1, -0.05) is 0 Å². The number of nitrogens with zero attached hydrogens (tertiary/aromatic N) is 3. The number of pyridine rings is 1. The highest BCUT2D eigenvalue weighted by molar-refractivity contribution is 5.48. The van der Waals surface area contributed by atoms with Crippen molar-refractivity contribution in [1.29, 1.82) is 0 Å². The maximum Gasteiger partial charge on any atom is 0.131 e. The van der Waals surface area contributed by atoms with Crippen molar-refractivity contribution in [1.82, 2.24) is 9.88 Å². The topological polar surface area (TPSA) is 45.4 Å². The van der Waals surface area contributed by atoms with Crippen LogP contribution in [0.25, 0.3) is 0 Å². The van der Waals surface area contributed by atoms with E-state index in [-0.39, 0.29) is 0 Å². The average Bonchev–Trinajstić information content (AvgIpc) is 2.32. The van der Waals surface area contributed by atoms with Crippen molar-refractivity contribution in [2.75, 3.05) is 31.6 Å². The highest BCUT2D eigenvalue weighted by atomic mass is 15.3. The lowest BCUT2D eigenvalue weighted by Gasteiger charge is -2.38. The molecule has 1 saturated heterocycles. The van der Waals surface area contributed by atoms with Crippen LogP contribution in [0, 0.1) is 6.92 Å². The van der Waals surface area contributed by atoms with Crippen LogP contribution in [0.5, 0.6) is 0 Å². The standard InChI is InChI=1S/C13H22N4/c1-10-6-12(7-14)8-15-13(10)17-5-4-16(3)11(2)9-17/h6,8,11H,4-5,7,9,14H2,1-3H3. The molecule has 0 aromatic carbocycles. The number of likely N-dealkylation sites (N-methyl/N-ethyl adjacent to an activating group) is 1. The van der Waals surface area contributed by atoms with Crippen molar-refractivity contribution >= 4 is 5.82 Å². The maximum absolute atomic E-state index is 5.63. The van der Waals surface area contributed by atoms with Crippen LogP contribution < -0.4 is 10.6 Å². The Morgan fingerprint density at radius 2 is 2.24 bits per heavy atom. The van der Waals surface area contributed by atoms with Gasteiger partial charge in [-0.15, -0.1) is 0 Å². The highest BCUT2D eigenvalue weighted by Gasteiger charge is 2.22. The predicted octanol–water partition coefficient (Wildman–Crippen LogP) is 0.989. The quantitative estimate of drug-likeness (QED) is 0.829. The van der Waals surface area contributed by atoms with Crippen LogP contribution in [0.3, 0.4) is 0 Å². The number of hydrogen-bond donors (Lipinski definition) is 1. The Labute approximate surface area is 103 Å². The number of hydrogen-bond acceptors (Lipinski definition) is 4. The van der Waals surface area contributed by atoms with Crippen molar-refractivity contribution in [3.05, 3.63) is 23.4 Å². The summed E-state index contributed by atoms with van der Waals surface area (Å²) in [6, 6.07) is 2.73. The van der Waals surface area contributed by atoms with Crippen molar-refractivity contribution in [2.45, 2.75) is 26.4 Å². The Hall–Kier alpha value is -1.13. The van der Waals surface area contributed by atoms with Gasteiger partial charge in [0, 0.05) is 38.4 Å². The molecule has 1 aliphatic heterocycles. The molecule has 1 fully saturated rings. The molecule has 2 N–H and O–H groups in total. The van der Waals surface area contributed by atoms with Gasteiger partial charge in [0.25, 0.3) is 0 Å². The van der Waals surface area contributed by atoms with E-state index < -0.39 is 0 Å². The van der Waals surface area contributed by atoms with Crippen LogP contribution in [0.4, 0.5) is 5.82 Å². The van der Waals surface area contributed by atoms with Crippen molar-refractivity contribution in [3.8, 4) is 0 Å². The molecule has 17 heavy (non-hydrogen) atoms. The zero-order valence-corrected chi connectivity index (χ0v) is 11.0. The van der Waals surface area contributed by atoms with E-state index in [1.54, 1.807) is 0 Å². The molecule has 0 radical (unpaired) electrons. The van der Waals surface area contributed by atoms with Gasteiger partial charge in [0.2, 0.25) is 0 Å². The van der Waals surface area contributed by atoms with Crippen LogP contribution in [0.15, 0.2) is 12.3 Å². The number of aromatic nitrogens is 1. The summed E-state index contributed by atoms with van der Waals surface area (Å²) in [6.45, 7) is 8.14. The van der Waals surface area contributed by atoms with E-state index in [1.807, 2.05) is 6.20 Å². The molecule has 4 heteroatoms. The van der Waals surface area contributed by atoms with Crippen molar-refractivity contribution < 1.29 is 0 Å². The van der Waals surface area contributed by atoms with Gasteiger partial charge in [-0.05, 0) is 38.1 Å². The van der Waals surface area contributed by atoms with Crippen LogP contribution in [0.1, 0.15) is 18.1 Å². The van der Waals surface area contributed by atoms with Crippen LogP contribution in [-0.4, -0.2) is 42.6 Å². The predicted molar refractivity (Wildman–Crippen MR) is 71.2 cm³/mol. The molecule has 0 spiro atoms. The minimum absolute atomic E-state index is 0.563. The summed E-state index contributed by atoms with van der Waals surface area (Å²) in [7, 11) is 2.18. The summed E-state index contributed by atoms with van der Waals surface area (Å²) in [5.41, 5.74) is 7.96. The Kier molecular flexibility index (Phi) is 3.64. The van der Waals surface area contributed by atoms with Gasteiger partial charge < -0.3 is 15.5 Å². The maximum atomic E-state index is 5.63. The molecule has 1 aliphatic rings. The molecule has 1 unspecified atom stereocenters. The van der Waals surface area contributed by atoms with Gasteiger partial charge in [0.1, 0.15) is 5.82 Å². The molecular weight excluding hydrogens is 212 g/mol. The second-order valence-corrected chi connectivity index (χ2v) is 4.96. The van der Waals surface area contributed by atoms with Crippen molar-refractivity contribution in [3.63, 3.8) is 0 Å². The first kappa shape index (κ1) is 12.3. The van der Waals surface area contributed by atoms with Gasteiger partial charge >= 0.3 is 0 Å². The summed E-state index contributed by atoms with van der Waals surface area (Å²) in [5.74, 6) is 1.11. The third-order valence-corrected chi connectivity index (χ3v) is 3.60. The minimum Gasteiger partial charge on any atom is -0.354 e. The van der Waals surface area contributed by atoms with E-state index in [9.17, 15) is 0 Å². The lowest BCUT2D eigenvalue weighted by molar-refractivity contribution is 0.233. The first-order valence-corrected chi connectivity index (χ1v) is 6.22. The first-order chi connectivity index (χ1) is 8.11. The number of nitrogens with two attached hydrogens (primary N) is 1. The Morgan fingerprint density at radius 1 is 1.47 bits per heavy atom. The zero-order valence-electron chi connectivity index (χ0n) is 11.0. The molecule has 0 bridgehead atoms. The van der Waals surface area contributed by atoms with E-state index in [2.05, 4.69) is 41.7 Å². The summed E-state index contributed by atoms with van der Waals surface area (Å²) in [6.07, 6.45) is 1.89. The number of piperazine rings is 1. The van der Waals surface area contributed by atoms with Gasteiger partial charge in [-0.2, -0.15) is 0 Å². The van der Waals surface area contributed by atoms with E-state index in [4.69, 9.17) is 5.73 Å². The summed E-state index contributed by atoms with van der Waals surface area (Å²) in [4.78, 5) is 9.32. The number of aryl methyl sites for hydroxylation is 1. The molecule has 2 rings (SSSR count). The second-order valence-electron chi connectivity index (χ2n) is 4.96. The van der Waals surface area contributed by atoms with Gasteiger partial charge in [0.05, 0.1) is 0 Å². The number of rotatable bonds is 2. The highest BCUT2D eigenvalue weighted by Crippen LogP contribution is 2.20. The third-order valence-electron chi connectivity index (χ3n) is 3.60. The van der Waals surface area contributed by atoms with Crippen LogP contribution >= 0.6 is 0 Å². The fraction of sp³-hybridized carbons (Fsp3) is 0.615. The van der Waals surface area contributed by atoms with Gasteiger partial charge in [-0.3, -0.25) is 0 Å². The molecule has 0 saturated carbocycles. The molecule has 94 valence electrons. The summed E-state index contributed by atoms with van der Waals surface area (Å²) < 4.78 is 0. The normalized spacial score (nSPS) is 21.9. The van der Waals surface area contributed by atoms with E-state index in [0.717, 1.165) is 31.0 Å². The average molecular weight is 234 g/mol. The minimum atomic E-state index is 0.563. The zero-order chi connectivity index (χ0) is 12.4.